The van der Waals surface area contributed by atoms with Gasteiger partial charge in [0.1, 0.15) is 0 Å². The summed E-state index contributed by atoms with van der Waals surface area (Å²) in [6.45, 7) is 9.36. The van der Waals surface area contributed by atoms with E-state index in [1.165, 1.54) is 11.3 Å². The van der Waals surface area contributed by atoms with Crippen LogP contribution in [0, 0.1) is 0 Å². The van der Waals surface area contributed by atoms with E-state index in [1.807, 2.05) is 0 Å². The molecule has 0 unspecified atom stereocenters. The lowest BCUT2D eigenvalue weighted by atomic mass is 9.78. The molecule has 1 fully saturated rings. The highest BCUT2D eigenvalue weighted by Crippen LogP contribution is 2.36. The average Bonchev–Trinajstić information content (AvgIpc) is 2.80. The van der Waals surface area contributed by atoms with Crippen LogP contribution >= 0.6 is 12.4 Å². The van der Waals surface area contributed by atoms with Crippen molar-refractivity contribution in [1.82, 2.24) is 0 Å². The average molecular weight is 282 g/mol. The first-order chi connectivity index (χ1) is 8.39. The fraction of sp³-hybridized carbons (Fsp3) is 0.571. The molecule has 1 aromatic carbocycles. The van der Waals surface area contributed by atoms with Gasteiger partial charge in [0.2, 0.25) is 0 Å². The molecule has 19 heavy (non-hydrogen) atoms. The van der Waals surface area contributed by atoms with Gasteiger partial charge in [-0.2, -0.15) is 0 Å². The Labute approximate surface area is 121 Å². The normalized spacial score (nSPS) is 22.6. The van der Waals surface area contributed by atoms with Crippen molar-refractivity contribution in [3.8, 4) is 0 Å². The minimum absolute atomic E-state index is 0. The van der Waals surface area contributed by atoms with Crippen molar-refractivity contribution in [2.24, 2.45) is 0 Å². The van der Waals surface area contributed by atoms with Crippen molar-refractivity contribution in [3.05, 3.63) is 23.8 Å². The minimum atomic E-state index is -0.274. The molecule has 2 heterocycles. The third-order valence-electron chi connectivity index (χ3n) is 4.37. The van der Waals surface area contributed by atoms with Crippen LogP contribution in [0.1, 0.15) is 33.3 Å². The Morgan fingerprint density at radius 2 is 1.74 bits per heavy atom. The molecule has 0 aromatic heterocycles. The van der Waals surface area contributed by atoms with Gasteiger partial charge >= 0.3 is 7.12 Å². The first kappa shape index (κ1) is 14.7. The summed E-state index contributed by atoms with van der Waals surface area (Å²) >= 11 is 0. The van der Waals surface area contributed by atoms with Crippen molar-refractivity contribution in [2.75, 3.05) is 11.9 Å². The van der Waals surface area contributed by atoms with Gasteiger partial charge in [-0.25, -0.2) is 0 Å². The lowest BCUT2D eigenvalue weighted by molar-refractivity contribution is 0.00578. The molecule has 0 bridgehead atoms. The van der Waals surface area contributed by atoms with Crippen LogP contribution in [0.2, 0.25) is 0 Å². The van der Waals surface area contributed by atoms with Gasteiger partial charge in [-0.1, -0.05) is 12.1 Å². The lowest BCUT2D eigenvalue weighted by Gasteiger charge is -2.32. The number of fused-ring (bicyclic) bond motifs is 1. The summed E-state index contributed by atoms with van der Waals surface area (Å²) in [6.07, 6.45) is 1.11. The van der Waals surface area contributed by atoms with Crippen LogP contribution in [0.5, 0.6) is 0 Å². The summed E-state index contributed by atoms with van der Waals surface area (Å²) < 4.78 is 12.1. The molecule has 1 aromatic rings. The molecule has 2 aliphatic heterocycles. The third kappa shape index (κ3) is 2.37. The standard InChI is InChI=1S/C14H20BNO2.ClH/c1-13(2)14(3,4)18-15(17-13)11-6-5-10-7-8-16-12(10)9-11;/h5-6,9,16H,7-8H2,1-4H3;1H. The van der Waals surface area contributed by atoms with E-state index in [1.54, 1.807) is 0 Å². The SMILES string of the molecule is CC1(C)OB(c2ccc3c(c2)NCC3)OC1(C)C.Cl. The summed E-state index contributed by atoms with van der Waals surface area (Å²) in [5.74, 6) is 0. The van der Waals surface area contributed by atoms with Crippen molar-refractivity contribution >= 4 is 30.7 Å². The minimum Gasteiger partial charge on any atom is -0.399 e. The molecule has 3 nitrogen and oxygen atoms in total. The molecular formula is C14H21BClNO2. The maximum Gasteiger partial charge on any atom is 0.494 e. The molecule has 2 aliphatic rings. The van der Waals surface area contributed by atoms with Gasteiger partial charge in [-0.05, 0) is 51.2 Å². The second-order valence-electron chi connectivity index (χ2n) is 6.18. The molecule has 0 radical (unpaired) electrons. The number of nitrogens with one attached hydrogen (secondary N) is 1. The van der Waals surface area contributed by atoms with Gasteiger partial charge in [-0.15, -0.1) is 12.4 Å². The molecule has 0 amide bonds. The van der Waals surface area contributed by atoms with E-state index in [0.29, 0.717) is 0 Å². The smallest absolute Gasteiger partial charge is 0.399 e. The van der Waals surface area contributed by atoms with Gasteiger partial charge in [0.15, 0.2) is 0 Å². The maximum absolute atomic E-state index is 6.06. The second kappa shape index (κ2) is 4.69. The molecule has 3 rings (SSSR count). The molecular weight excluding hydrogens is 260 g/mol. The number of hydrogen-bond acceptors (Lipinski definition) is 3. The van der Waals surface area contributed by atoms with Crippen LogP contribution in [0.4, 0.5) is 5.69 Å². The first-order valence-corrected chi connectivity index (χ1v) is 6.61. The predicted molar refractivity (Wildman–Crippen MR) is 81.6 cm³/mol. The zero-order valence-electron chi connectivity index (χ0n) is 11.9. The molecule has 1 N–H and O–H groups in total. The fourth-order valence-corrected chi connectivity index (χ4v) is 2.43. The quantitative estimate of drug-likeness (QED) is 0.802. The Morgan fingerprint density at radius 1 is 1.11 bits per heavy atom. The van der Waals surface area contributed by atoms with E-state index in [2.05, 4.69) is 51.2 Å². The van der Waals surface area contributed by atoms with E-state index in [4.69, 9.17) is 9.31 Å². The van der Waals surface area contributed by atoms with Crippen LogP contribution < -0.4 is 10.8 Å². The fourth-order valence-electron chi connectivity index (χ4n) is 2.43. The van der Waals surface area contributed by atoms with E-state index >= 15 is 0 Å². The molecule has 0 aliphatic carbocycles. The second-order valence-corrected chi connectivity index (χ2v) is 6.18. The number of anilines is 1. The van der Waals surface area contributed by atoms with Crippen LogP contribution in [-0.2, 0) is 15.7 Å². The van der Waals surface area contributed by atoms with E-state index in [0.717, 1.165) is 18.4 Å². The summed E-state index contributed by atoms with van der Waals surface area (Å²) in [7, 11) is -0.261. The van der Waals surface area contributed by atoms with Crippen molar-refractivity contribution in [1.29, 1.82) is 0 Å². The Balaban J connectivity index is 0.00000133. The molecule has 0 atom stereocenters. The van der Waals surface area contributed by atoms with Gasteiger partial charge in [-0.3, -0.25) is 0 Å². The Morgan fingerprint density at radius 3 is 2.37 bits per heavy atom. The number of hydrogen-bond donors (Lipinski definition) is 1. The van der Waals surface area contributed by atoms with Gasteiger partial charge < -0.3 is 14.6 Å². The molecule has 1 saturated heterocycles. The van der Waals surface area contributed by atoms with Crippen LogP contribution in [0.3, 0.4) is 0 Å². The van der Waals surface area contributed by atoms with Gasteiger partial charge in [0.25, 0.3) is 0 Å². The topological polar surface area (TPSA) is 30.5 Å². The lowest BCUT2D eigenvalue weighted by Crippen LogP contribution is -2.41. The molecule has 104 valence electrons. The van der Waals surface area contributed by atoms with Crippen molar-refractivity contribution in [2.45, 2.75) is 45.3 Å². The first-order valence-electron chi connectivity index (χ1n) is 6.61. The zero-order chi connectivity index (χ0) is 13.0. The molecule has 5 heteroatoms. The van der Waals surface area contributed by atoms with Gasteiger partial charge in [0.05, 0.1) is 11.2 Å². The molecule has 0 saturated carbocycles. The van der Waals surface area contributed by atoms with Crippen molar-refractivity contribution in [3.63, 3.8) is 0 Å². The number of rotatable bonds is 1. The molecule has 0 spiro atoms. The zero-order valence-corrected chi connectivity index (χ0v) is 12.8. The Kier molecular flexibility index (Phi) is 3.63. The summed E-state index contributed by atoms with van der Waals surface area (Å²) in [6, 6.07) is 6.45. The van der Waals surface area contributed by atoms with Crippen LogP contribution in [-0.4, -0.2) is 24.9 Å². The highest BCUT2D eigenvalue weighted by molar-refractivity contribution is 6.62. The van der Waals surface area contributed by atoms with Crippen molar-refractivity contribution < 1.29 is 9.31 Å². The van der Waals surface area contributed by atoms with E-state index in [9.17, 15) is 0 Å². The summed E-state index contributed by atoms with van der Waals surface area (Å²) in [4.78, 5) is 0. The van der Waals surface area contributed by atoms with Crippen LogP contribution in [0.25, 0.3) is 0 Å². The highest BCUT2D eigenvalue weighted by atomic mass is 35.5. The third-order valence-corrected chi connectivity index (χ3v) is 4.37. The van der Waals surface area contributed by atoms with E-state index in [-0.39, 0.29) is 30.7 Å². The van der Waals surface area contributed by atoms with Crippen LogP contribution in [0.15, 0.2) is 18.2 Å². The predicted octanol–water partition coefficient (Wildman–Crippen LogP) is 2.38. The van der Waals surface area contributed by atoms with E-state index < -0.39 is 0 Å². The monoisotopic (exact) mass is 281 g/mol. The number of halogens is 1. The Hall–Kier alpha value is -0.705. The maximum atomic E-state index is 6.06. The number of benzene rings is 1. The summed E-state index contributed by atoms with van der Waals surface area (Å²) in [5.41, 5.74) is 3.16. The Bertz CT molecular complexity index is 474. The highest BCUT2D eigenvalue weighted by Gasteiger charge is 2.51. The summed E-state index contributed by atoms with van der Waals surface area (Å²) in [5, 5.41) is 3.39. The van der Waals surface area contributed by atoms with Gasteiger partial charge in [0, 0.05) is 12.2 Å². The largest absolute Gasteiger partial charge is 0.494 e.